The van der Waals surface area contributed by atoms with Crippen LogP contribution in [0.25, 0.3) is 157 Å². The number of hydrogen-bond donors (Lipinski definition) is 0. The Labute approximate surface area is 402 Å². The fourth-order valence-corrected chi connectivity index (χ4v) is 17.2. The van der Waals surface area contributed by atoms with Crippen LogP contribution in [0, 0.1) is 55.4 Å². The molecule has 4 atom stereocenters. The summed E-state index contributed by atoms with van der Waals surface area (Å²) in [6.45, 7) is 33.4. The summed E-state index contributed by atoms with van der Waals surface area (Å²) in [4.78, 5) is 33.4. The monoisotopic (exact) mass is 902 g/mol. The van der Waals surface area contributed by atoms with E-state index in [-0.39, 0.29) is 23.8 Å². The molecule has 6 heterocycles. The van der Waals surface area contributed by atoms with Gasteiger partial charge in [-0.25, -0.2) is 24.9 Å². The normalized spacial score (nSPS) is 19.5. The van der Waals surface area contributed by atoms with E-state index in [2.05, 4.69) is 96.9 Å². The molecule has 0 radical (unpaired) electrons. The van der Waals surface area contributed by atoms with Crippen LogP contribution in [-0.4, -0.2) is 24.9 Å². The third-order valence-corrected chi connectivity index (χ3v) is 20.7. The molecule has 15 aromatic rings. The van der Waals surface area contributed by atoms with Crippen LogP contribution in [-0.2, 0) is 6.42 Å². The third kappa shape index (κ3) is 3.34. The molecule has 1 aliphatic heterocycles. The van der Waals surface area contributed by atoms with Gasteiger partial charge in [0.2, 0.25) is 0 Å². The number of fused-ring (bicyclic) bond motifs is 4. The Kier molecular flexibility index (Phi) is 5.96. The fourth-order valence-electron chi connectivity index (χ4n) is 17.2. The van der Waals surface area contributed by atoms with Gasteiger partial charge in [-0.05, 0) is 239 Å². The Morgan fingerprint density at radius 2 is 0.786 bits per heavy atom. The molecule has 10 aromatic carbocycles. The van der Waals surface area contributed by atoms with Gasteiger partial charge in [-0.2, -0.15) is 0 Å². The molecule has 0 amide bonds. The minimum atomic E-state index is 0.00984. The van der Waals surface area contributed by atoms with Crippen molar-refractivity contribution in [2.24, 2.45) is 4.99 Å². The van der Waals surface area contributed by atoms with E-state index in [9.17, 15) is 0 Å². The zero-order chi connectivity index (χ0) is 47.4. The highest BCUT2D eigenvalue weighted by molar-refractivity contribution is 6.60. The summed E-state index contributed by atoms with van der Waals surface area (Å²) in [6, 6.07) is 0.00984. The molecule has 2 aliphatic carbocycles. The molecule has 6 nitrogen and oxygen atoms in total. The number of aromatic nitrogens is 5. The molecule has 336 valence electrons. The van der Waals surface area contributed by atoms with Gasteiger partial charge in [0.1, 0.15) is 0 Å². The summed E-state index contributed by atoms with van der Waals surface area (Å²) >= 11 is 0. The van der Waals surface area contributed by atoms with Gasteiger partial charge >= 0.3 is 0 Å². The van der Waals surface area contributed by atoms with E-state index in [1.165, 1.54) is 207 Å². The molecule has 1 unspecified atom stereocenters. The molecule has 0 spiro atoms. The molecule has 0 N–H and O–H groups in total. The molecule has 70 heavy (non-hydrogen) atoms. The molecule has 3 aliphatic rings. The van der Waals surface area contributed by atoms with Crippen LogP contribution < -0.4 is 10.7 Å². The number of aryl methyl sites for hydroxylation is 8. The molecule has 18 rings (SSSR count). The third-order valence-electron chi connectivity index (χ3n) is 20.7. The number of pyridine rings is 5. The van der Waals surface area contributed by atoms with Crippen molar-refractivity contribution in [3.63, 3.8) is 0 Å². The second-order valence-electron chi connectivity index (χ2n) is 23.0. The van der Waals surface area contributed by atoms with Crippen molar-refractivity contribution in [1.82, 2.24) is 24.9 Å². The molecular formula is C64H50N6. The zero-order valence-corrected chi connectivity index (χ0v) is 42.4. The van der Waals surface area contributed by atoms with Gasteiger partial charge in [0.25, 0.3) is 0 Å². The van der Waals surface area contributed by atoms with E-state index >= 15 is 0 Å². The van der Waals surface area contributed by atoms with Gasteiger partial charge < -0.3 is 0 Å². The lowest BCUT2D eigenvalue weighted by Gasteiger charge is -2.39. The van der Waals surface area contributed by atoms with Gasteiger partial charge in [-0.3, -0.25) is 4.99 Å². The zero-order valence-electron chi connectivity index (χ0n) is 42.4. The lowest BCUT2D eigenvalue weighted by molar-refractivity contribution is 0.622. The highest BCUT2D eigenvalue weighted by atomic mass is 14.9. The van der Waals surface area contributed by atoms with Crippen molar-refractivity contribution in [3.8, 4) is 0 Å². The highest BCUT2D eigenvalue weighted by Gasteiger charge is 2.43. The van der Waals surface area contributed by atoms with Crippen LogP contribution in [0.2, 0.25) is 0 Å². The van der Waals surface area contributed by atoms with Gasteiger partial charge in [0.05, 0.1) is 6.04 Å². The van der Waals surface area contributed by atoms with Gasteiger partial charge in [-0.15, -0.1) is 0 Å². The standard InChI is InChI=1S/C64H50N6/c1-15-29-31-17(3)19(5)33-35-21(7)23(9)38-40-26(12)28(14)66-62-58(40)56-54-48(38)45(35)51-49-43(33)41(31)59-55-53(49)47-37(39-25(11)27(13)65-61(57(39)55)69-63(59)67-29)24(10)22(8)36-34-20(6)18(4)32-30(16-2)68-64(70-62)60(56)42(32)44(34)50(54)52(51)46(36)47/h17,19,24,30H,15-16H2,1-14H3/t17-,19+,24+,30?/m1/s1. The van der Waals surface area contributed by atoms with Crippen molar-refractivity contribution in [1.29, 1.82) is 0 Å². The Hall–Kier alpha value is -6.92. The molecule has 6 heteroatoms. The summed E-state index contributed by atoms with van der Waals surface area (Å²) in [5.74, 6) is 0.667. The minimum Gasteiger partial charge on any atom is -0.258 e. The van der Waals surface area contributed by atoms with E-state index in [1.807, 2.05) is 0 Å². The van der Waals surface area contributed by atoms with Crippen molar-refractivity contribution in [3.05, 3.63) is 83.4 Å². The molecule has 0 bridgehead atoms. The van der Waals surface area contributed by atoms with Gasteiger partial charge in [0, 0.05) is 66.1 Å². The molecule has 0 fully saturated rings. The largest absolute Gasteiger partial charge is 0.258 e. The first-order valence-electron chi connectivity index (χ1n) is 26.2. The highest BCUT2D eigenvalue weighted by Crippen LogP contribution is 2.65. The summed E-state index contributed by atoms with van der Waals surface area (Å²) in [7, 11) is 0. The Morgan fingerprint density at radius 3 is 1.49 bits per heavy atom. The first-order chi connectivity index (χ1) is 33.7. The van der Waals surface area contributed by atoms with Crippen LogP contribution in [0.4, 0.5) is 0 Å². The maximum absolute atomic E-state index is 5.69. The Morgan fingerprint density at radius 1 is 0.343 bits per heavy atom. The minimum absolute atomic E-state index is 0.00984. The van der Waals surface area contributed by atoms with Gasteiger partial charge in [0.15, 0.2) is 22.4 Å². The average molecular weight is 903 g/mol. The smallest absolute Gasteiger partial charge is 0.163 e. The summed E-state index contributed by atoms with van der Waals surface area (Å²) in [6.07, 6.45) is 1.77. The topological polar surface area (TPSA) is 76.8 Å². The quantitative estimate of drug-likeness (QED) is 0.128. The lowest BCUT2D eigenvalue weighted by Crippen LogP contribution is -2.24. The van der Waals surface area contributed by atoms with E-state index in [4.69, 9.17) is 29.9 Å². The maximum atomic E-state index is 5.69. The van der Waals surface area contributed by atoms with E-state index < -0.39 is 0 Å². The van der Waals surface area contributed by atoms with Crippen LogP contribution in [0.3, 0.4) is 0 Å². The summed E-state index contributed by atoms with van der Waals surface area (Å²) < 4.78 is 0. The van der Waals surface area contributed by atoms with E-state index in [0.717, 1.165) is 46.7 Å². The lowest BCUT2D eigenvalue weighted by atomic mass is 9.64. The van der Waals surface area contributed by atoms with Gasteiger partial charge in [-0.1, -0.05) is 40.2 Å². The predicted molar refractivity (Wildman–Crippen MR) is 294 cm³/mol. The SMILES string of the molecule is CCc1nc2nc3nc(C)c(C)c4c5c6c7c(c8c(C)c(C)c9c%10c%11c(nc%12nc(C)c(C)c%13c%14c(C)c(C)c%15c%16c%17c(c1[C@H](C)[C@@H]%16C)c2c(c34)c6c%17c1c%15c%14c(c%11c%12%13)c(c8%10)c71)=NC9CC)=C(C)[C@@H]5C. The number of benzene rings is 10. The van der Waals surface area contributed by atoms with Crippen molar-refractivity contribution >= 4 is 157 Å². The summed E-state index contributed by atoms with van der Waals surface area (Å²) in [5.41, 5.74) is 22.1. The van der Waals surface area contributed by atoms with Crippen molar-refractivity contribution < 1.29 is 0 Å². The first-order valence-corrected chi connectivity index (χ1v) is 26.2. The van der Waals surface area contributed by atoms with Crippen LogP contribution in [0.5, 0.6) is 0 Å². The molecule has 5 aromatic heterocycles. The van der Waals surface area contributed by atoms with Crippen LogP contribution in [0.1, 0.15) is 144 Å². The summed E-state index contributed by atoms with van der Waals surface area (Å²) in [5, 5.41) is 36.3. The average Bonchev–Trinajstić information content (AvgIpc) is 3.35. The number of hydrogen-bond acceptors (Lipinski definition) is 6. The van der Waals surface area contributed by atoms with Crippen LogP contribution >= 0.6 is 0 Å². The second kappa shape index (κ2) is 11.0. The Bertz CT molecular complexity index is 5290. The molecular weight excluding hydrogens is 853 g/mol. The van der Waals surface area contributed by atoms with Crippen molar-refractivity contribution in [2.45, 2.75) is 134 Å². The Balaban J connectivity index is 1.36. The van der Waals surface area contributed by atoms with E-state index in [1.54, 1.807) is 0 Å². The molecule has 0 saturated carbocycles. The molecule has 0 saturated heterocycles. The second-order valence-corrected chi connectivity index (χ2v) is 23.0. The maximum Gasteiger partial charge on any atom is 0.163 e. The first kappa shape index (κ1) is 37.9. The van der Waals surface area contributed by atoms with Crippen molar-refractivity contribution in [2.75, 3.05) is 0 Å². The number of rotatable bonds is 2. The van der Waals surface area contributed by atoms with Crippen LogP contribution in [0.15, 0.2) is 4.99 Å². The van der Waals surface area contributed by atoms with E-state index in [0.29, 0.717) is 0 Å². The fraction of sp³-hybridized carbons (Fsp3) is 0.312. The number of nitrogens with zero attached hydrogens (tertiary/aromatic N) is 6. The predicted octanol–water partition coefficient (Wildman–Crippen LogP) is 15.5.